The van der Waals surface area contributed by atoms with Crippen molar-refractivity contribution in [1.82, 2.24) is 19.5 Å². The SMILES string of the molecule is CCCc1nn2c(=O)cc(CN(CCC)Cc3ccc(OCC)cc3)nc2s1. The minimum Gasteiger partial charge on any atom is -0.494 e. The lowest BCUT2D eigenvalue weighted by atomic mass is 10.2. The zero-order valence-corrected chi connectivity index (χ0v) is 17.7. The smallest absolute Gasteiger partial charge is 0.275 e. The van der Waals surface area contributed by atoms with E-state index in [9.17, 15) is 4.79 Å². The van der Waals surface area contributed by atoms with Crippen LogP contribution >= 0.6 is 11.3 Å². The maximum atomic E-state index is 12.4. The van der Waals surface area contributed by atoms with Gasteiger partial charge in [0, 0.05) is 25.6 Å². The van der Waals surface area contributed by atoms with Gasteiger partial charge in [-0.1, -0.05) is 37.3 Å². The quantitative estimate of drug-likeness (QED) is 0.516. The topological polar surface area (TPSA) is 59.7 Å². The number of rotatable bonds is 10. The van der Waals surface area contributed by atoms with Crippen LogP contribution in [0.1, 0.15) is 49.9 Å². The second-order valence-electron chi connectivity index (χ2n) is 6.81. The molecule has 6 nitrogen and oxygen atoms in total. The third kappa shape index (κ3) is 5.17. The maximum absolute atomic E-state index is 12.4. The van der Waals surface area contributed by atoms with Crippen molar-refractivity contribution in [2.75, 3.05) is 13.2 Å². The average molecular weight is 401 g/mol. The standard InChI is InChI=1S/C21H28N4O2S/c1-4-7-19-23-25-20(26)13-17(22-21(25)28-19)15-24(12-5-2)14-16-8-10-18(11-9-16)27-6-3/h8-11,13H,4-7,12,14-15H2,1-3H3. The summed E-state index contributed by atoms with van der Waals surface area (Å²) in [4.78, 5) is 20.2. The summed E-state index contributed by atoms with van der Waals surface area (Å²) in [6.07, 6.45) is 2.93. The Kier molecular flexibility index (Phi) is 7.17. The molecule has 3 rings (SSSR count). The van der Waals surface area contributed by atoms with Gasteiger partial charge in [-0.05, 0) is 44.0 Å². The van der Waals surface area contributed by atoms with Crippen LogP contribution in [0.4, 0.5) is 0 Å². The second kappa shape index (κ2) is 9.80. The van der Waals surface area contributed by atoms with Gasteiger partial charge in [0.2, 0.25) is 4.96 Å². The van der Waals surface area contributed by atoms with Crippen LogP contribution in [-0.2, 0) is 19.5 Å². The zero-order valence-electron chi connectivity index (χ0n) is 16.9. The highest BCUT2D eigenvalue weighted by molar-refractivity contribution is 7.16. The lowest BCUT2D eigenvalue weighted by Gasteiger charge is -2.21. The minimum absolute atomic E-state index is 0.101. The van der Waals surface area contributed by atoms with Crippen LogP contribution in [0, 0.1) is 0 Å². The number of fused-ring (bicyclic) bond motifs is 1. The Bertz CT molecular complexity index is 949. The van der Waals surface area contributed by atoms with E-state index in [4.69, 9.17) is 9.72 Å². The lowest BCUT2D eigenvalue weighted by Crippen LogP contribution is -2.26. The van der Waals surface area contributed by atoms with Crippen molar-refractivity contribution in [3.8, 4) is 5.75 Å². The molecule has 0 amide bonds. The first kappa shape index (κ1) is 20.5. The fourth-order valence-electron chi connectivity index (χ4n) is 3.17. The van der Waals surface area contributed by atoms with E-state index in [0.717, 1.165) is 48.8 Å². The van der Waals surface area contributed by atoms with Gasteiger partial charge in [-0.2, -0.15) is 9.61 Å². The van der Waals surface area contributed by atoms with Crippen LogP contribution in [0.15, 0.2) is 35.1 Å². The third-order valence-corrected chi connectivity index (χ3v) is 5.34. The number of hydrogen-bond donors (Lipinski definition) is 0. The van der Waals surface area contributed by atoms with Crippen molar-refractivity contribution in [1.29, 1.82) is 0 Å². The summed E-state index contributed by atoms with van der Waals surface area (Å²) in [6.45, 7) is 9.32. The Labute approximate surface area is 169 Å². The zero-order chi connectivity index (χ0) is 19.9. The van der Waals surface area contributed by atoms with Crippen LogP contribution in [0.2, 0.25) is 0 Å². The minimum atomic E-state index is -0.101. The third-order valence-electron chi connectivity index (χ3n) is 4.37. The monoisotopic (exact) mass is 400 g/mol. The van der Waals surface area contributed by atoms with Gasteiger partial charge < -0.3 is 4.74 Å². The molecule has 2 aromatic heterocycles. The van der Waals surface area contributed by atoms with E-state index in [1.165, 1.54) is 21.4 Å². The number of aryl methyl sites for hydroxylation is 1. The molecule has 2 heterocycles. The molecule has 0 atom stereocenters. The van der Waals surface area contributed by atoms with Crippen LogP contribution in [0.5, 0.6) is 5.75 Å². The van der Waals surface area contributed by atoms with Gasteiger partial charge in [-0.3, -0.25) is 9.69 Å². The predicted molar refractivity (Wildman–Crippen MR) is 113 cm³/mol. The van der Waals surface area contributed by atoms with Crippen molar-refractivity contribution < 1.29 is 4.74 Å². The number of hydrogen-bond acceptors (Lipinski definition) is 6. The number of benzene rings is 1. The Morgan fingerprint density at radius 1 is 1.11 bits per heavy atom. The Morgan fingerprint density at radius 2 is 1.89 bits per heavy atom. The summed E-state index contributed by atoms with van der Waals surface area (Å²) in [5.74, 6) is 0.890. The van der Waals surface area contributed by atoms with E-state index >= 15 is 0 Å². The molecule has 0 saturated carbocycles. The van der Waals surface area contributed by atoms with E-state index in [2.05, 4.69) is 36.0 Å². The highest BCUT2D eigenvalue weighted by Gasteiger charge is 2.12. The molecule has 0 radical (unpaired) electrons. The van der Waals surface area contributed by atoms with Gasteiger partial charge in [0.05, 0.1) is 12.3 Å². The molecule has 0 bridgehead atoms. The number of aromatic nitrogens is 3. The normalized spacial score (nSPS) is 11.4. The summed E-state index contributed by atoms with van der Waals surface area (Å²) in [5, 5.41) is 5.35. The highest BCUT2D eigenvalue weighted by Crippen LogP contribution is 2.16. The summed E-state index contributed by atoms with van der Waals surface area (Å²) in [6, 6.07) is 9.82. The maximum Gasteiger partial charge on any atom is 0.275 e. The Morgan fingerprint density at radius 3 is 2.57 bits per heavy atom. The van der Waals surface area contributed by atoms with Crippen molar-refractivity contribution in [2.24, 2.45) is 0 Å². The molecule has 0 aliphatic carbocycles. The van der Waals surface area contributed by atoms with Crippen LogP contribution < -0.4 is 10.3 Å². The van der Waals surface area contributed by atoms with Gasteiger partial charge in [0.1, 0.15) is 10.8 Å². The van der Waals surface area contributed by atoms with Crippen LogP contribution in [-0.4, -0.2) is 32.6 Å². The highest BCUT2D eigenvalue weighted by atomic mass is 32.1. The molecule has 1 aromatic carbocycles. The van der Waals surface area contributed by atoms with Gasteiger partial charge in [-0.15, -0.1) is 0 Å². The Balaban J connectivity index is 1.76. The second-order valence-corrected chi connectivity index (χ2v) is 7.85. The van der Waals surface area contributed by atoms with Gasteiger partial charge in [-0.25, -0.2) is 4.98 Å². The summed E-state index contributed by atoms with van der Waals surface area (Å²) < 4.78 is 6.94. The summed E-state index contributed by atoms with van der Waals surface area (Å²) >= 11 is 1.51. The van der Waals surface area contributed by atoms with Crippen molar-refractivity contribution in [2.45, 2.75) is 53.1 Å². The van der Waals surface area contributed by atoms with E-state index in [1.807, 2.05) is 19.1 Å². The molecule has 0 N–H and O–H groups in total. The van der Waals surface area contributed by atoms with E-state index < -0.39 is 0 Å². The summed E-state index contributed by atoms with van der Waals surface area (Å²) in [7, 11) is 0. The fraction of sp³-hybridized carbons (Fsp3) is 0.476. The predicted octanol–water partition coefficient (Wildman–Crippen LogP) is 3.91. The van der Waals surface area contributed by atoms with E-state index in [0.29, 0.717) is 18.1 Å². The number of nitrogens with zero attached hydrogens (tertiary/aromatic N) is 4. The fourth-order valence-corrected chi connectivity index (χ4v) is 4.19. The molecule has 150 valence electrons. The molecule has 28 heavy (non-hydrogen) atoms. The molecule has 0 aliphatic rings. The van der Waals surface area contributed by atoms with Crippen molar-refractivity contribution in [3.63, 3.8) is 0 Å². The van der Waals surface area contributed by atoms with Gasteiger partial charge in [0.25, 0.3) is 5.56 Å². The van der Waals surface area contributed by atoms with Crippen LogP contribution in [0.3, 0.4) is 0 Å². The molecule has 7 heteroatoms. The van der Waals surface area contributed by atoms with Gasteiger partial charge in [0.15, 0.2) is 0 Å². The first-order chi connectivity index (χ1) is 13.6. The molecule has 0 aliphatic heterocycles. The van der Waals surface area contributed by atoms with Crippen molar-refractivity contribution in [3.05, 3.63) is 57.0 Å². The molecule has 3 aromatic rings. The number of ether oxygens (including phenoxy) is 1. The Hall–Kier alpha value is -2.25. The van der Waals surface area contributed by atoms with Crippen LogP contribution in [0.25, 0.3) is 4.96 Å². The van der Waals surface area contributed by atoms with Gasteiger partial charge >= 0.3 is 0 Å². The molecule has 0 fully saturated rings. The average Bonchev–Trinajstić information content (AvgIpc) is 3.07. The molecule has 0 spiro atoms. The lowest BCUT2D eigenvalue weighted by molar-refractivity contribution is 0.254. The van der Waals surface area contributed by atoms with Crippen molar-refractivity contribution >= 4 is 16.3 Å². The van der Waals surface area contributed by atoms with E-state index in [1.54, 1.807) is 6.07 Å². The largest absolute Gasteiger partial charge is 0.494 e. The molecular weight excluding hydrogens is 372 g/mol. The summed E-state index contributed by atoms with van der Waals surface area (Å²) in [5.41, 5.74) is 1.92. The molecule has 0 saturated heterocycles. The first-order valence-corrected chi connectivity index (χ1v) is 10.8. The molecular formula is C21H28N4O2S. The van der Waals surface area contributed by atoms with E-state index in [-0.39, 0.29) is 5.56 Å². The molecule has 0 unspecified atom stereocenters. The first-order valence-electron chi connectivity index (χ1n) is 9.95.